The minimum atomic E-state index is -0.166. The van der Waals surface area contributed by atoms with E-state index in [1.54, 1.807) is 18.5 Å². The molecule has 2 heterocycles. The Morgan fingerprint density at radius 2 is 2.23 bits per heavy atom. The number of carbonyl (C=O) groups excluding carboxylic acids is 1. The van der Waals surface area contributed by atoms with Gasteiger partial charge in [-0.15, -0.1) is 0 Å². The summed E-state index contributed by atoms with van der Waals surface area (Å²) in [7, 11) is 0. The van der Waals surface area contributed by atoms with E-state index in [1.165, 1.54) is 0 Å². The van der Waals surface area contributed by atoms with Crippen LogP contribution in [-0.2, 0) is 4.79 Å². The summed E-state index contributed by atoms with van der Waals surface area (Å²) >= 11 is 0. The van der Waals surface area contributed by atoms with Crippen molar-refractivity contribution < 1.29 is 9.90 Å². The highest BCUT2D eigenvalue weighted by Gasteiger charge is 2.29. The molecule has 1 aliphatic heterocycles. The van der Waals surface area contributed by atoms with Crippen LogP contribution in [0.1, 0.15) is 33.1 Å². The predicted molar refractivity (Wildman–Crippen MR) is 85.4 cm³/mol. The maximum absolute atomic E-state index is 12.5. The van der Waals surface area contributed by atoms with E-state index in [1.807, 2.05) is 6.92 Å². The summed E-state index contributed by atoms with van der Waals surface area (Å²) in [5.74, 6) is 0.905. The zero-order chi connectivity index (χ0) is 15.9. The molecule has 1 aromatic rings. The number of amides is 1. The highest BCUT2D eigenvalue weighted by atomic mass is 16.3. The molecule has 122 valence electrons. The second-order valence-electron chi connectivity index (χ2n) is 6.02. The Labute approximate surface area is 132 Å². The van der Waals surface area contributed by atoms with Gasteiger partial charge < -0.3 is 15.3 Å². The SMILES string of the molecule is CC[C@H](C)[C@@H](CO)NC(=O)[C@@H]1CCCN(c2ncccn2)C1. The molecule has 3 atom stereocenters. The smallest absolute Gasteiger partial charge is 0.225 e. The number of nitrogens with one attached hydrogen (secondary N) is 1. The summed E-state index contributed by atoms with van der Waals surface area (Å²) in [6, 6.07) is 1.62. The Morgan fingerprint density at radius 1 is 1.50 bits per heavy atom. The topological polar surface area (TPSA) is 78.4 Å². The average Bonchev–Trinajstić information content (AvgIpc) is 2.59. The van der Waals surface area contributed by atoms with Gasteiger partial charge in [-0.2, -0.15) is 0 Å². The summed E-state index contributed by atoms with van der Waals surface area (Å²) in [5, 5.41) is 12.5. The van der Waals surface area contributed by atoms with Gasteiger partial charge in [-0.1, -0.05) is 20.3 Å². The first-order valence-electron chi connectivity index (χ1n) is 8.08. The van der Waals surface area contributed by atoms with Gasteiger partial charge in [0.2, 0.25) is 11.9 Å². The van der Waals surface area contributed by atoms with E-state index in [9.17, 15) is 9.90 Å². The third-order valence-electron chi connectivity index (χ3n) is 4.48. The number of aromatic nitrogens is 2. The van der Waals surface area contributed by atoms with Crippen LogP contribution in [0.4, 0.5) is 5.95 Å². The van der Waals surface area contributed by atoms with E-state index >= 15 is 0 Å². The fraction of sp³-hybridized carbons (Fsp3) is 0.688. The van der Waals surface area contributed by atoms with Gasteiger partial charge in [-0.3, -0.25) is 4.79 Å². The lowest BCUT2D eigenvalue weighted by atomic mass is 9.95. The van der Waals surface area contributed by atoms with Crippen molar-refractivity contribution in [3.8, 4) is 0 Å². The van der Waals surface area contributed by atoms with Crippen molar-refractivity contribution in [3.63, 3.8) is 0 Å². The number of aliphatic hydroxyl groups is 1. The molecule has 1 amide bonds. The summed E-state index contributed by atoms with van der Waals surface area (Å²) in [6.07, 6.45) is 6.19. The van der Waals surface area contributed by atoms with Crippen molar-refractivity contribution in [1.82, 2.24) is 15.3 Å². The normalized spacial score (nSPS) is 21.2. The molecule has 22 heavy (non-hydrogen) atoms. The van der Waals surface area contributed by atoms with Crippen LogP contribution in [0.5, 0.6) is 0 Å². The van der Waals surface area contributed by atoms with Crippen LogP contribution in [0.25, 0.3) is 0 Å². The maximum atomic E-state index is 12.5. The minimum Gasteiger partial charge on any atom is -0.394 e. The van der Waals surface area contributed by atoms with Gasteiger partial charge in [0.05, 0.1) is 18.6 Å². The van der Waals surface area contributed by atoms with Crippen molar-refractivity contribution in [2.75, 3.05) is 24.6 Å². The lowest BCUT2D eigenvalue weighted by Gasteiger charge is -2.33. The van der Waals surface area contributed by atoms with Crippen molar-refractivity contribution in [1.29, 1.82) is 0 Å². The largest absolute Gasteiger partial charge is 0.394 e. The van der Waals surface area contributed by atoms with Gasteiger partial charge in [-0.05, 0) is 24.8 Å². The Morgan fingerprint density at radius 3 is 2.86 bits per heavy atom. The first-order chi connectivity index (χ1) is 10.7. The van der Waals surface area contributed by atoms with Crippen LogP contribution in [0, 0.1) is 11.8 Å². The Balaban J connectivity index is 1.95. The molecule has 1 aromatic heterocycles. The fourth-order valence-electron chi connectivity index (χ4n) is 2.78. The molecule has 6 heteroatoms. The number of hydrogen-bond acceptors (Lipinski definition) is 5. The van der Waals surface area contributed by atoms with E-state index < -0.39 is 0 Å². The molecule has 6 nitrogen and oxygen atoms in total. The molecular weight excluding hydrogens is 280 g/mol. The Hall–Kier alpha value is -1.69. The van der Waals surface area contributed by atoms with E-state index in [0.29, 0.717) is 12.5 Å². The van der Waals surface area contributed by atoms with Crippen LogP contribution < -0.4 is 10.2 Å². The summed E-state index contributed by atoms with van der Waals surface area (Å²) in [6.45, 7) is 5.61. The molecule has 0 bridgehead atoms. The third-order valence-corrected chi connectivity index (χ3v) is 4.48. The molecule has 1 aliphatic rings. The van der Waals surface area contributed by atoms with E-state index in [-0.39, 0.29) is 30.4 Å². The lowest BCUT2D eigenvalue weighted by Crippen LogP contribution is -2.49. The quantitative estimate of drug-likeness (QED) is 0.826. The zero-order valence-electron chi connectivity index (χ0n) is 13.4. The molecule has 0 aliphatic carbocycles. The highest BCUT2D eigenvalue weighted by molar-refractivity contribution is 5.79. The molecule has 1 fully saturated rings. The predicted octanol–water partition coefficient (Wildman–Crippen LogP) is 1.22. The number of anilines is 1. The first kappa shape index (κ1) is 16.7. The number of piperidine rings is 1. The first-order valence-corrected chi connectivity index (χ1v) is 8.08. The Kier molecular flexibility index (Phi) is 6.12. The third kappa shape index (κ3) is 4.16. The highest BCUT2D eigenvalue weighted by Crippen LogP contribution is 2.20. The molecular formula is C16H26N4O2. The minimum absolute atomic E-state index is 0.0149. The molecule has 0 aromatic carbocycles. The summed E-state index contributed by atoms with van der Waals surface area (Å²) in [5.41, 5.74) is 0. The van der Waals surface area contributed by atoms with Gasteiger partial charge >= 0.3 is 0 Å². The van der Waals surface area contributed by atoms with Gasteiger partial charge in [-0.25, -0.2) is 9.97 Å². The fourth-order valence-corrected chi connectivity index (χ4v) is 2.78. The second kappa shape index (κ2) is 8.08. The van der Waals surface area contributed by atoms with Crippen molar-refractivity contribution in [2.45, 2.75) is 39.2 Å². The summed E-state index contributed by atoms with van der Waals surface area (Å²) < 4.78 is 0. The summed E-state index contributed by atoms with van der Waals surface area (Å²) in [4.78, 5) is 23.1. The number of rotatable bonds is 6. The zero-order valence-corrected chi connectivity index (χ0v) is 13.4. The van der Waals surface area contributed by atoms with Crippen LogP contribution in [0.2, 0.25) is 0 Å². The van der Waals surface area contributed by atoms with E-state index in [0.717, 1.165) is 25.8 Å². The van der Waals surface area contributed by atoms with Crippen LogP contribution in [-0.4, -0.2) is 46.7 Å². The Bertz CT molecular complexity index is 468. The average molecular weight is 306 g/mol. The van der Waals surface area contributed by atoms with Gasteiger partial charge in [0.1, 0.15) is 0 Å². The molecule has 1 saturated heterocycles. The number of aliphatic hydroxyl groups excluding tert-OH is 1. The molecule has 0 spiro atoms. The number of hydrogen-bond donors (Lipinski definition) is 2. The van der Waals surface area contributed by atoms with Crippen LogP contribution in [0.15, 0.2) is 18.5 Å². The molecule has 0 radical (unpaired) electrons. The van der Waals surface area contributed by atoms with E-state index in [2.05, 4.69) is 27.1 Å². The maximum Gasteiger partial charge on any atom is 0.225 e. The van der Waals surface area contributed by atoms with Gasteiger partial charge in [0.25, 0.3) is 0 Å². The van der Waals surface area contributed by atoms with Crippen LogP contribution >= 0.6 is 0 Å². The lowest BCUT2D eigenvalue weighted by molar-refractivity contribution is -0.126. The molecule has 2 N–H and O–H groups in total. The second-order valence-corrected chi connectivity index (χ2v) is 6.02. The standard InChI is InChI=1S/C16H26N4O2/c1-3-12(2)14(11-21)19-15(22)13-6-4-9-20(10-13)16-17-7-5-8-18-16/h5,7-8,12-14,21H,3-4,6,9-11H2,1-2H3,(H,19,22)/t12-,13+,14+/m0/s1. The van der Waals surface area contributed by atoms with Gasteiger partial charge in [0.15, 0.2) is 0 Å². The van der Waals surface area contributed by atoms with Crippen molar-refractivity contribution in [3.05, 3.63) is 18.5 Å². The molecule has 2 rings (SSSR count). The number of carbonyl (C=O) groups is 1. The van der Waals surface area contributed by atoms with E-state index in [4.69, 9.17) is 0 Å². The number of nitrogens with zero attached hydrogens (tertiary/aromatic N) is 3. The molecule has 0 saturated carbocycles. The van der Waals surface area contributed by atoms with Crippen molar-refractivity contribution in [2.24, 2.45) is 11.8 Å². The monoisotopic (exact) mass is 306 g/mol. The van der Waals surface area contributed by atoms with Gasteiger partial charge in [0, 0.05) is 25.5 Å². The van der Waals surface area contributed by atoms with Crippen molar-refractivity contribution >= 4 is 11.9 Å². The molecule has 0 unspecified atom stereocenters. The van der Waals surface area contributed by atoms with Crippen LogP contribution in [0.3, 0.4) is 0 Å².